The van der Waals surface area contributed by atoms with Gasteiger partial charge in [0, 0.05) is 34.3 Å². The van der Waals surface area contributed by atoms with Crippen LogP contribution in [0, 0.1) is 0 Å². The van der Waals surface area contributed by atoms with Gasteiger partial charge in [-0.25, -0.2) is 4.79 Å². The molecule has 1 heterocycles. The third kappa shape index (κ3) is 4.42. The van der Waals surface area contributed by atoms with Crippen LogP contribution < -0.4 is 14.8 Å². The lowest BCUT2D eigenvalue weighted by Gasteiger charge is -2.36. The number of benzene rings is 2. The number of carbonyl (C=O) groups excluding carboxylic acids is 2. The number of hydrogen-bond acceptors (Lipinski definition) is 6. The summed E-state index contributed by atoms with van der Waals surface area (Å²) in [6.07, 6.45) is 0.962. The van der Waals surface area contributed by atoms with Crippen molar-refractivity contribution in [2.45, 2.75) is 38.5 Å². The molecular weight excluding hydrogens is 454 g/mol. The molecule has 1 aliphatic carbocycles. The first-order valence-corrected chi connectivity index (χ1v) is 11.6. The van der Waals surface area contributed by atoms with Crippen molar-refractivity contribution in [3.63, 3.8) is 0 Å². The maximum atomic E-state index is 13.6. The number of rotatable bonds is 6. The van der Waals surface area contributed by atoms with Crippen LogP contribution in [0.25, 0.3) is 0 Å². The van der Waals surface area contributed by atoms with Crippen LogP contribution in [-0.2, 0) is 14.3 Å². The lowest BCUT2D eigenvalue weighted by molar-refractivity contribution is -0.138. The van der Waals surface area contributed by atoms with E-state index in [4.69, 9.17) is 25.8 Å². The average molecular weight is 482 g/mol. The Kier molecular flexibility index (Phi) is 6.98. The molecule has 0 fully saturated rings. The molecule has 0 saturated carbocycles. The molecule has 0 bridgehead atoms. The molecule has 178 valence electrons. The van der Waals surface area contributed by atoms with Crippen LogP contribution in [0.2, 0.25) is 5.02 Å². The van der Waals surface area contributed by atoms with Gasteiger partial charge in [0.25, 0.3) is 0 Å². The summed E-state index contributed by atoms with van der Waals surface area (Å²) in [5.74, 6) is 0.317. The van der Waals surface area contributed by atoms with Crippen LogP contribution in [0.15, 0.2) is 65.0 Å². The van der Waals surface area contributed by atoms with E-state index in [2.05, 4.69) is 5.32 Å². The highest BCUT2D eigenvalue weighted by Crippen LogP contribution is 2.46. The molecule has 0 saturated heterocycles. The molecule has 0 spiro atoms. The maximum Gasteiger partial charge on any atom is 0.336 e. The predicted octanol–water partition coefficient (Wildman–Crippen LogP) is 5.28. The average Bonchev–Trinajstić information content (AvgIpc) is 2.83. The Labute approximate surface area is 204 Å². The molecule has 4 rings (SSSR count). The number of nitrogens with one attached hydrogen (secondary N) is 1. The fraction of sp³-hybridized carbons (Fsp3) is 0.333. The summed E-state index contributed by atoms with van der Waals surface area (Å²) in [6.45, 7) is 3.87. The Morgan fingerprint density at radius 2 is 1.71 bits per heavy atom. The van der Waals surface area contributed by atoms with Gasteiger partial charge in [-0.2, -0.15) is 0 Å². The van der Waals surface area contributed by atoms with Crippen molar-refractivity contribution in [2.75, 3.05) is 20.8 Å². The van der Waals surface area contributed by atoms with Crippen LogP contribution in [0.5, 0.6) is 11.5 Å². The first-order valence-electron chi connectivity index (χ1n) is 11.3. The molecule has 2 aromatic rings. The zero-order valence-corrected chi connectivity index (χ0v) is 20.5. The van der Waals surface area contributed by atoms with Crippen LogP contribution in [0.4, 0.5) is 0 Å². The number of ketones is 1. The number of halogens is 1. The van der Waals surface area contributed by atoms with E-state index in [1.165, 1.54) is 0 Å². The van der Waals surface area contributed by atoms with Gasteiger partial charge in [0.05, 0.1) is 26.4 Å². The number of allylic oxidation sites excluding steroid dienone is 3. The Morgan fingerprint density at radius 1 is 1.03 bits per heavy atom. The Bertz CT molecular complexity index is 1180. The monoisotopic (exact) mass is 481 g/mol. The number of esters is 1. The van der Waals surface area contributed by atoms with E-state index in [1.54, 1.807) is 33.3 Å². The largest absolute Gasteiger partial charge is 0.493 e. The number of dihydropyridines is 1. The van der Waals surface area contributed by atoms with Crippen molar-refractivity contribution in [3.8, 4) is 11.5 Å². The lowest BCUT2D eigenvalue weighted by atomic mass is 9.71. The van der Waals surface area contributed by atoms with Crippen LogP contribution in [0.3, 0.4) is 0 Å². The highest BCUT2D eigenvalue weighted by Gasteiger charge is 2.41. The van der Waals surface area contributed by atoms with Crippen molar-refractivity contribution >= 4 is 23.4 Å². The highest BCUT2D eigenvalue weighted by atomic mass is 35.5. The minimum Gasteiger partial charge on any atom is -0.493 e. The van der Waals surface area contributed by atoms with E-state index >= 15 is 0 Å². The Hall–Kier alpha value is -3.25. The van der Waals surface area contributed by atoms with Crippen molar-refractivity contribution < 1.29 is 23.8 Å². The van der Waals surface area contributed by atoms with Crippen LogP contribution >= 0.6 is 11.6 Å². The summed E-state index contributed by atoms with van der Waals surface area (Å²) in [5.41, 5.74) is 4.44. The van der Waals surface area contributed by atoms with Crippen LogP contribution in [-0.4, -0.2) is 32.6 Å². The van der Waals surface area contributed by atoms with E-state index in [1.807, 2.05) is 37.3 Å². The molecule has 2 atom stereocenters. The molecule has 2 aliphatic rings. The quantitative estimate of drug-likeness (QED) is 0.566. The molecule has 2 aromatic carbocycles. The third-order valence-corrected chi connectivity index (χ3v) is 6.66. The summed E-state index contributed by atoms with van der Waals surface area (Å²) in [4.78, 5) is 26.6. The van der Waals surface area contributed by atoms with E-state index in [0.29, 0.717) is 46.2 Å². The van der Waals surface area contributed by atoms with E-state index < -0.39 is 11.9 Å². The number of hydrogen-bond donors (Lipinski definition) is 1. The normalized spacial score (nSPS) is 20.0. The summed E-state index contributed by atoms with van der Waals surface area (Å²) in [6, 6.07) is 13.0. The molecule has 34 heavy (non-hydrogen) atoms. The molecule has 1 aliphatic heterocycles. The van der Waals surface area contributed by atoms with Gasteiger partial charge in [-0.15, -0.1) is 0 Å². The highest BCUT2D eigenvalue weighted by molar-refractivity contribution is 6.30. The van der Waals surface area contributed by atoms with Crippen LogP contribution in [0.1, 0.15) is 49.7 Å². The number of methoxy groups -OCH3 is 2. The van der Waals surface area contributed by atoms with E-state index in [0.717, 1.165) is 16.8 Å². The van der Waals surface area contributed by atoms with Gasteiger partial charge < -0.3 is 19.5 Å². The number of ether oxygens (including phenoxy) is 3. The standard InChI is InChI=1S/C27H28ClNO5/c1-5-34-27(31)24-15(2)29-20-12-18(17-8-11-22(32-3)23(14-17)33-4)13-21(30)26(20)25(24)16-6-9-19(28)10-7-16/h6-11,14,18,25,29H,5,12-13H2,1-4H3. The van der Waals surface area contributed by atoms with Crippen molar-refractivity contribution in [3.05, 3.63) is 81.2 Å². The SMILES string of the molecule is CCOC(=O)C1=C(C)NC2=C(C(=O)CC(c3ccc(OC)c(OC)c3)C2)C1c1ccc(Cl)cc1. The minimum absolute atomic E-state index is 0.00258. The van der Waals surface area contributed by atoms with Gasteiger partial charge in [-0.1, -0.05) is 29.8 Å². The molecule has 0 radical (unpaired) electrons. The second kappa shape index (κ2) is 9.94. The maximum absolute atomic E-state index is 13.6. The molecule has 1 N–H and O–H groups in total. The predicted molar refractivity (Wildman–Crippen MR) is 130 cm³/mol. The second-order valence-electron chi connectivity index (χ2n) is 8.40. The van der Waals surface area contributed by atoms with Crippen molar-refractivity contribution in [1.82, 2.24) is 5.32 Å². The summed E-state index contributed by atoms with van der Waals surface area (Å²) < 4.78 is 16.2. The van der Waals surface area contributed by atoms with Gasteiger partial charge in [-0.3, -0.25) is 4.79 Å². The van der Waals surface area contributed by atoms with E-state index in [9.17, 15) is 9.59 Å². The van der Waals surface area contributed by atoms with Gasteiger partial charge in [0.2, 0.25) is 0 Å². The van der Waals surface area contributed by atoms with Crippen molar-refractivity contribution in [1.29, 1.82) is 0 Å². The Balaban J connectivity index is 1.77. The van der Waals surface area contributed by atoms with Gasteiger partial charge in [0.1, 0.15) is 0 Å². The number of Topliss-reactive ketones (excluding diaryl/α,β-unsaturated/α-hetero) is 1. The lowest BCUT2D eigenvalue weighted by Crippen LogP contribution is -2.36. The van der Waals surface area contributed by atoms with Crippen molar-refractivity contribution in [2.24, 2.45) is 0 Å². The topological polar surface area (TPSA) is 73.9 Å². The fourth-order valence-electron chi connectivity index (χ4n) is 4.85. The van der Waals surface area contributed by atoms with E-state index in [-0.39, 0.29) is 18.3 Å². The summed E-state index contributed by atoms with van der Waals surface area (Å²) in [5, 5.41) is 3.95. The first kappa shape index (κ1) is 23.9. The first-order chi connectivity index (χ1) is 16.4. The zero-order valence-electron chi connectivity index (χ0n) is 19.7. The Morgan fingerprint density at radius 3 is 2.35 bits per heavy atom. The fourth-order valence-corrected chi connectivity index (χ4v) is 4.98. The zero-order chi connectivity index (χ0) is 24.4. The minimum atomic E-state index is -0.508. The third-order valence-electron chi connectivity index (χ3n) is 6.41. The number of carbonyl (C=O) groups is 2. The summed E-state index contributed by atoms with van der Waals surface area (Å²) in [7, 11) is 3.19. The smallest absolute Gasteiger partial charge is 0.336 e. The van der Waals surface area contributed by atoms with Gasteiger partial charge in [-0.05, 0) is 61.6 Å². The van der Waals surface area contributed by atoms with Gasteiger partial charge >= 0.3 is 5.97 Å². The summed E-state index contributed by atoms with van der Waals surface area (Å²) >= 11 is 6.11. The molecule has 0 aromatic heterocycles. The molecule has 2 unspecified atom stereocenters. The molecule has 6 nitrogen and oxygen atoms in total. The second-order valence-corrected chi connectivity index (χ2v) is 8.84. The molecular formula is C27H28ClNO5. The molecule has 7 heteroatoms. The van der Waals surface area contributed by atoms with Gasteiger partial charge in [0.15, 0.2) is 17.3 Å². The molecule has 0 amide bonds.